The second kappa shape index (κ2) is 8.46. The van der Waals surface area contributed by atoms with E-state index >= 15 is 0 Å². The van der Waals surface area contributed by atoms with Gasteiger partial charge in [0, 0.05) is 17.8 Å². The number of carbonyl (C=O) groups is 2. The van der Waals surface area contributed by atoms with Gasteiger partial charge in [0.05, 0.1) is 5.25 Å². The Morgan fingerprint density at radius 3 is 2.64 bits per heavy atom. The number of hydrogen-bond acceptors (Lipinski definition) is 4. The third-order valence-corrected chi connectivity index (χ3v) is 5.63. The normalized spacial score (nSPS) is 18.0. The standard InChI is InChI=1S/C20H15ClFN3O2S/c1-24-18(26)16(11-23)20-25(15-7-5-14(22)6-8-15)19(27)17(28-20)10-12-3-2-4-13(21)9-12/h2-9,17H,10H2,1H3,(H,24,26)/b20-16-. The van der Waals surface area contributed by atoms with Crippen molar-refractivity contribution in [1.82, 2.24) is 5.32 Å². The highest BCUT2D eigenvalue weighted by Crippen LogP contribution is 2.42. The summed E-state index contributed by atoms with van der Waals surface area (Å²) in [4.78, 5) is 26.6. The first-order valence-electron chi connectivity index (χ1n) is 8.31. The van der Waals surface area contributed by atoms with E-state index in [0.29, 0.717) is 17.1 Å². The van der Waals surface area contributed by atoms with Crippen molar-refractivity contribution in [3.8, 4) is 6.07 Å². The van der Waals surface area contributed by atoms with Crippen molar-refractivity contribution in [1.29, 1.82) is 5.26 Å². The minimum absolute atomic E-state index is 0.168. The molecule has 0 aromatic heterocycles. The van der Waals surface area contributed by atoms with Gasteiger partial charge in [-0.2, -0.15) is 5.26 Å². The summed E-state index contributed by atoms with van der Waals surface area (Å²) in [5, 5.41) is 12.1. The number of benzene rings is 2. The average Bonchev–Trinajstić information content (AvgIpc) is 2.99. The van der Waals surface area contributed by atoms with Crippen LogP contribution >= 0.6 is 23.4 Å². The van der Waals surface area contributed by atoms with Gasteiger partial charge >= 0.3 is 0 Å². The van der Waals surface area contributed by atoms with E-state index < -0.39 is 17.0 Å². The largest absolute Gasteiger partial charge is 0.354 e. The van der Waals surface area contributed by atoms with Crippen LogP contribution in [-0.4, -0.2) is 24.1 Å². The Balaban J connectivity index is 2.04. The molecule has 2 amide bonds. The number of hydrogen-bond donors (Lipinski definition) is 1. The third kappa shape index (κ3) is 4.03. The zero-order chi connectivity index (χ0) is 20.3. The topological polar surface area (TPSA) is 73.2 Å². The number of halogens is 2. The second-order valence-corrected chi connectivity index (χ2v) is 7.59. The van der Waals surface area contributed by atoms with Gasteiger partial charge in [0.2, 0.25) is 5.91 Å². The highest BCUT2D eigenvalue weighted by molar-refractivity contribution is 8.05. The molecule has 1 atom stereocenters. The number of nitriles is 1. The molecule has 1 saturated heterocycles. The van der Waals surface area contributed by atoms with E-state index in [9.17, 15) is 19.2 Å². The molecule has 3 rings (SSSR count). The van der Waals surface area contributed by atoms with Gasteiger partial charge in [0.1, 0.15) is 22.5 Å². The molecule has 1 heterocycles. The summed E-state index contributed by atoms with van der Waals surface area (Å²) in [5.74, 6) is -1.33. The van der Waals surface area contributed by atoms with Gasteiger partial charge in [-0.15, -0.1) is 0 Å². The first-order valence-corrected chi connectivity index (χ1v) is 9.57. The highest BCUT2D eigenvalue weighted by atomic mass is 35.5. The van der Waals surface area contributed by atoms with E-state index in [0.717, 1.165) is 17.3 Å². The van der Waals surface area contributed by atoms with Gasteiger partial charge in [0.15, 0.2) is 0 Å². The molecule has 1 aliphatic rings. The zero-order valence-electron chi connectivity index (χ0n) is 14.8. The Kier molecular flexibility index (Phi) is 6.02. The molecule has 1 aliphatic heterocycles. The number of likely N-dealkylation sites (N-methyl/N-ethyl adjacent to an activating group) is 1. The molecule has 5 nitrogen and oxygen atoms in total. The summed E-state index contributed by atoms with van der Waals surface area (Å²) < 4.78 is 13.3. The smallest absolute Gasteiger partial charge is 0.264 e. The molecule has 1 unspecified atom stereocenters. The molecule has 28 heavy (non-hydrogen) atoms. The Bertz CT molecular complexity index is 1000. The van der Waals surface area contributed by atoms with Gasteiger partial charge in [-0.1, -0.05) is 35.5 Å². The van der Waals surface area contributed by atoms with Crippen LogP contribution in [0.2, 0.25) is 5.02 Å². The number of amides is 2. The van der Waals surface area contributed by atoms with Crippen LogP contribution in [0.15, 0.2) is 59.1 Å². The number of thioether (sulfide) groups is 1. The van der Waals surface area contributed by atoms with E-state index in [1.807, 2.05) is 12.1 Å². The van der Waals surface area contributed by atoms with Gasteiger partial charge in [-0.3, -0.25) is 14.5 Å². The molecule has 2 aromatic rings. The molecular formula is C20H15ClFN3O2S. The lowest BCUT2D eigenvalue weighted by molar-refractivity contribution is -0.117. The van der Waals surface area contributed by atoms with Gasteiger partial charge in [-0.05, 0) is 48.4 Å². The van der Waals surface area contributed by atoms with Crippen molar-refractivity contribution >= 4 is 40.9 Å². The van der Waals surface area contributed by atoms with Crippen LogP contribution < -0.4 is 10.2 Å². The van der Waals surface area contributed by atoms with Gasteiger partial charge < -0.3 is 5.32 Å². The SMILES string of the molecule is CNC(=O)/C(C#N)=C1\SC(Cc2cccc(Cl)c2)C(=O)N1c1ccc(F)cc1. The predicted molar refractivity (Wildman–Crippen MR) is 107 cm³/mol. The van der Waals surface area contributed by atoms with E-state index in [2.05, 4.69) is 5.32 Å². The minimum Gasteiger partial charge on any atom is -0.354 e. The van der Waals surface area contributed by atoms with Crippen molar-refractivity contribution in [2.75, 3.05) is 11.9 Å². The fraction of sp³-hybridized carbons (Fsp3) is 0.150. The number of nitrogens with one attached hydrogen (secondary N) is 1. The van der Waals surface area contributed by atoms with E-state index in [4.69, 9.17) is 11.6 Å². The molecule has 0 bridgehead atoms. The molecule has 0 aliphatic carbocycles. The van der Waals surface area contributed by atoms with Crippen LogP contribution in [-0.2, 0) is 16.0 Å². The zero-order valence-corrected chi connectivity index (χ0v) is 16.4. The fourth-order valence-electron chi connectivity index (χ4n) is 2.82. The van der Waals surface area contributed by atoms with E-state index in [1.54, 1.807) is 18.2 Å². The Hall–Kier alpha value is -2.82. The summed E-state index contributed by atoms with van der Waals surface area (Å²) in [6.07, 6.45) is 0.373. The number of carbonyl (C=O) groups excluding carboxylic acids is 2. The van der Waals surface area contributed by atoms with Crippen molar-refractivity contribution in [2.45, 2.75) is 11.7 Å². The maximum Gasteiger partial charge on any atom is 0.264 e. The summed E-state index contributed by atoms with van der Waals surface area (Å²) >= 11 is 7.16. The van der Waals surface area contributed by atoms with Crippen molar-refractivity contribution in [2.24, 2.45) is 0 Å². The Morgan fingerprint density at radius 1 is 1.32 bits per heavy atom. The summed E-state index contributed by atoms with van der Waals surface area (Å²) in [5.41, 5.74) is 1.08. The quantitative estimate of drug-likeness (QED) is 0.611. The summed E-state index contributed by atoms with van der Waals surface area (Å²) in [7, 11) is 1.41. The first kappa shape index (κ1) is 19.9. The fourth-order valence-corrected chi connectivity index (χ4v) is 4.34. The lowest BCUT2D eigenvalue weighted by Gasteiger charge is -2.18. The van der Waals surface area contributed by atoms with Gasteiger partial charge in [-0.25, -0.2) is 4.39 Å². The molecule has 1 fully saturated rings. The molecule has 1 N–H and O–H groups in total. The first-order chi connectivity index (χ1) is 13.4. The molecule has 2 aromatic carbocycles. The van der Waals surface area contributed by atoms with Crippen LogP contribution in [0.4, 0.5) is 10.1 Å². The van der Waals surface area contributed by atoms with Crippen LogP contribution in [0.1, 0.15) is 5.56 Å². The van der Waals surface area contributed by atoms with Crippen LogP contribution in [0, 0.1) is 17.1 Å². The molecule has 0 spiro atoms. The molecule has 142 valence electrons. The summed E-state index contributed by atoms with van der Waals surface area (Å²) in [6.45, 7) is 0. The lowest BCUT2D eigenvalue weighted by atomic mass is 10.1. The lowest BCUT2D eigenvalue weighted by Crippen LogP contribution is -2.31. The maximum atomic E-state index is 13.3. The molecule has 8 heteroatoms. The van der Waals surface area contributed by atoms with E-state index in [-0.39, 0.29) is 16.5 Å². The Labute approximate surface area is 170 Å². The number of nitrogens with zero attached hydrogens (tertiary/aromatic N) is 2. The van der Waals surface area contributed by atoms with Crippen molar-refractivity contribution < 1.29 is 14.0 Å². The van der Waals surface area contributed by atoms with Crippen LogP contribution in [0.3, 0.4) is 0 Å². The average molecular weight is 416 g/mol. The van der Waals surface area contributed by atoms with Crippen LogP contribution in [0.25, 0.3) is 0 Å². The second-order valence-electron chi connectivity index (χ2n) is 5.96. The third-order valence-electron chi connectivity index (χ3n) is 4.13. The van der Waals surface area contributed by atoms with Crippen molar-refractivity contribution in [3.05, 3.63) is 75.5 Å². The van der Waals surface area contributed by atoms with Crippen molar-refractivity contribution in [3.63, 3.8) is 0 Å². The monoisotopic (exact) mass is 415 g/mol. The highest BCUT2D eigenvalue weighted by Gasteiger charge is 2.40. The van der Waals surface area contributed by atoms with Crippen LogP contribution in [0.5, 0.6) is 0 Å². The molecule has 0 saturated carbocycles. The number of anilines is 1. The minimum atomic E-state index is -0.590. The molecular weight excluding hydrogens is 401 g/mol. The summed E-state index contributed by atoms with van der Waals surface area (Å²) in [6, 6.07) is 14.4. The maximum absolute atomic E-state index is 13.3. The number of rotatable bonds is 4. The Morgan fingerprint density at radius 2 is 2.04 bits per heavy atom. The molecule has 0 radical (unpaired) electrons. The van der Waals surface area contributed by atoms with Gasteiger partial charge in [0.25, 0.3) is 5.91 Å². The van der Waals surface area contributed by atoms with E-state index in [1.165, 1.54) is 36.2 Å². The predicted octanol–water partition coefficient (Wildman–Crippen LogP) is 3.65.